The van der Waals surface area contributed by atoms with Crippen molar-refractivity contribution in [2.75, 3.05) is 13.6 Å². The molecule has 1 aromatic heterocycles. The van der Waals surface area contributed by atoms with Crippen LogP contribution in [-0.2, 0) is 13.6 Å². The Morgan fingerprint density at radius 1 is 1.26 bits per heavy atom. The van der Waals surface area contributed by atoms with Crippen molar-refractivity contribution in [1.82, 2.24) is 20.4 Å². The summed E-state index contributed by atoms with van der Waals surface area (Å²) in [7, 11) is 3.83. The third kappa shape index (κ3) is 4.84. The molecule has 0 aliphatic heterocycles. The lowest BCUT2D eigenvalue weighted by molar-refractivity contribution is 0.283. The summed E-state index contributed by atoms with van der Waals surface area (Å²) in [5.41, 5.74) is 4.03. The summed E-state index contributed by atoms with van der Waals surface area (Å²) in [5, 5.41) is 11.4. The van der Waals surface area contributed by atoms with Gasteiger partial charge in [0.05, 0.1) is 5.69 Å². The number of nitrogens with zero attached hydrogens (tertiary/aromatic N) is 3. The number of aromatic nitrogens is 2. The number of aryl methyl sites for hydroxylation is 2. The molecule has 1 saturated carbocycles. The first-order valence-corrected chi connectivity index (χ1v) is 8.45. The predicted octanol–water partition coefficient (Wildman–Crippen LogP) is 3.29. The highest BCUT2D eigenvalue weighted by Crippen LogP contribution is 2.40. The molecule has 0 atom stereocenters. The quantitative estimate of drug-likeness (QED) is 0.426. The first-order valence-electron chi connectivity index (χ1n) is 8.45. The van der Waals surface area contributed by atoms with Crippen LogP contribution in [-0.4, -0.2) is 29.3 Å². The van der Waals surface area contributed by atoms with Crippen LogP contribution in [0.2, 0.25) is 0 Å². The monoisotopic (exact) mass is 433 g/mol. The molecule has 2 rings (SSSR count). The Bertz CT molecular complexity index is 529. The SMILES string of the molecule is CCC1(CNC(=NC)NCc2c(C)nn(C)c2C)CCCC1.I. The van der Waals surface area contributed by atoms with E-state index in [1.807, 2.05) is 18.8 Å². The van der Waals surface area contributed by atoms with E-state index in [0.717, 1.165) is 24.7 Å². The van der Waals surface area contributed by atoms with E-state index in [2.05, 4.69) is 41.5 Å². The van der Waals surface area contributed by atoms with Crippen molar-refractivity contribution in [2.45, 2.75) is 59.4 Å². The van der Waals surface area contributed by atoms with E-state index in [4.69, 9.17) is 0 Å². The van der Waals surface area contributed by atoms with Gasteiger partial charge in [-0.05, 0) is 38.5 Å². The van der Waals surface area contributed by atoms with Crippen LogP contribution in [0.4, 0.5) is 0 Å². The fourth-order valence-electron chi connectivity index (χ4n) is 3.52. The zero-order chi connectivity index (χ0) is 16.2. The molecular weight excluding hydrogens is 401 g/mol. The first-order chi connectivity index (χ1) is 10.5. The topological polar surface area (TPSA) is 54.2 Å². The van der Waals surface area contributed by atoms with Gasteiger partial charge in [0.15, 0.2) is 5.96 Å². The molecule has 132 valence electrons. The predicted molar refractivity (Wildman–Crippen MR) is 107 cm³/mol. The maximum Gasteiger partial charge on any atom is 0.191 e. The van der Waals surface area contributed by atoms with E-state index in [9.17, 15) is 0 Å². The van der Waals surface area contributed by atoms with Crippen molar-refractivity contribution in [1.29, 1.82) is 0 Å². The van der Waals surface area contributed by atoms with Crippen molar-refractivity contribution in [3.05, 3.63) is 17.0 Å². The average Bonchev–Trinajstić information content (AvgIpc) is 3.07. The number of nitrogens with one attached hydrogen (secondary N) is 2. The molecule has 1 aromatic rings. The Labute approximate surface area is 157 Å². The van der Waals surface area contributed by atoms with Crippen molar-refractivity contribution in [2.24, 2.45) is 17.5 Å². The van der Waals surface area contributed by atoms with Crippen LogP contribution >= 0.6 is 24.0 Å². The van der Waals surface area contributed by atoms with Crippen LogP contribution < -0.4 is 10.6 Å². The van der Waals surface area contributed by atoms with Gasteiger partial charge in [-0.3, -0.25) is 9.67 Å². The molecule has 6 heteroatoms. The molecule has 0 bridgehead atoms. The number of hydrogen-bond acceptors (Lipinski definition) is 2. The van der Waals surface area contributed by atoms with Gasteiger partial charge in [-0.2, -0.15) is 5.10 Å². The summed E-state index contributed by atoms with van der Waals surface area (Å²) in [5.74, 6) is 0.891. The molecule has 0 radical (unpaired) electrons. The first kappa shape index (κ1) is 20.3. The molecule has 1 fully saturated rings. The summed E-state index contributed by atoms with van der Waals surface area (Å²) in [6.45, 7) is 8.27. The molecule has 0 amide bonds. The minimum atomic E-state index is 0. The fourth-order valence-corrected chi connectivity index (χ4v) is 3.52. The van der Waals surface area contributed by atoms with Gasteiger partial charge in [-0.25, -0.2) is 0 Å². The number of aliphatic imine (C=N–C) groups is 1. The number of halogens is 1. The second-order valence-corrected chi connectivity index (χ2v) is 6.61. The molecule has 1 aliphatic carbocycles. The van der Waals surface area contributed by atoms with Crippen molar-refractivity contribution < 1.29 is 0 Å². The number of hydrogen-bond donors (Lipinski definition) is 2. The van der Waals surface area contributed by atoms with E-state index in [0.29, 0.717) is 5.41 Å². The molecule has 0 spiro atoms. The van der Waals surface area contributed by atoms with Gasteiger partial charge < -0.3 is 10.6 Å². The molecule has 1 heterocycles. The zero-order valence-corrected chi connectivity index (χ0v) is 17.5. The largest absolute Gasteiger partial charge is 0.356 e. The van der Waals surface area contributed by atoms with Gasteiger partial charge in [-0.15, -0.1) is 24.0 Å². The second kappa shape index (κ2) is 8.89. The van der Waals surface area contributed by atoms with Crippen LogP contribution in [0.3, 0.4) is 0 Å². The van der Waals surface area contributed by atoms with Gasteiger partial charge in [0.25, 0.3) is 0 Å². The summed E-state index contributed by atoms with van der Waals surface area (Å²) in [6, 6.07) is 0. The molecule has 0 aromatic carbocycles. The molecule has 0 unspecified atom stereocenters. The Morgan fingerprint density at radius 2 is 1.91 bits per heavy atom. The Kier molecular flexibility index (Phi) is 7.83. The lowest BCUT2D eigenvalue weighted by Gasteiger charge is -2.28. The van der Waals surface area contributed by atoms with Crippen molar-refractivity contribution in [3.63, 3.8) is 0 Å². The van der Waals surface area contributed by atoms with E-state index >= 15 is 0 Å². The third-order valence-corrected chi connectivity index (χ3v) is 5.36. The highest BCUT2D eigenvalue weighted by atomic mass is 127. The number of rotatable bonds is 5. The van der Waals surface area contributed by atoms with Gasteiger partial charge in [0.1, 0.15) is 0 Å². The van der Waals surface area contributed by atoms with E-state index < -0.39 is 0 Å². The van der Waals surface area contributed by atoms with Gasteiger partial charge >= 0.3 is 0 Å². The van der Waals surface area contributed by atoms with E-state index in [1.165, 1.54) is 43.4 Å². The Balaban J connectivity index is 0.00000264. The lowest BCUT2D eigenvalue weighted by atomic mass is 9.83. The average molecular weight is 433 g/mol. The minimum absolute atomic E-state index is 0. The maximum atomic E-state index is 4.46. The molecule has 5 nitrogen and oxygen atoms in total. The number of guanidine groups is 1. The molecule has 23 heavy (non-hydrogen) atoms. The van der Waals surface area contributed by atoms with Crippen molar-refractivity contribution >= 4 is 29.9 Å². The van der Waals surface area contributed by atoms with Gasteiger partial charge in [0, 0.05) is 38.4 Å². The van der Waals surface area contributed by atoms with Crippen LogP contribution in [0.1, 0.15) is 56.0 Å². The summed E-state index contributed by atoms with van der Waals surface area (Å²) in [4.78, 5) is 4.36. The van der Waals surface area contributed by atoms with Crippen LogP contribution in [0.5, 0.6) is 0 Å². The van der Waals surface area contributed by atoms with Crippen LogP contribution in [0.25, 0.3) is 0 Å². The molecule has 0 saturated heterocycles. The standard InChI is InChI=1S/C17H31N5.HI/c1-6-17(9-7-8-10-17)12-20-16(18-4)19-11-15-13(2)21-22(5)14(15)3;/h6-12H2,1-5H3,(H2,18,19,20);1H. The fraction of sp³-hybridized carbons (Fsp3) is 0.765. The second-order valence-electron chi connectivity index (χ2n) is 6.61. The van der Waals surface area contributed by atoms with Crippen molar-refractivity contribution in [3.8, 4) is 0 Å². The highest BCUT2D eigenvalue weighted by Gasteiger charge is 2.31. The lowest BCUT2D eigenvalue weighted by Crippen LogP contribution is -2.42. The Hall–Kier alpha value is -0.790. The maximum absolute atomic E-state index is 4.46. The van der Waals surface area contributed by atoms with Crippen LogP contribution in [0, 0.1) is 19.3 Å². The van der Waals surface area contributed by atoms with Gasteiger partial charge in [0.2, 0.25) is 0 Å². The van der Waals surface area contributed by atoms with E-state index in [-0.39, 0.29) is 24.0 Å². The third-order valence-electron chi connectivity index (χ3n) is 5.36. The van der Waals surface area contributed by atoms with Crippen LogP contribution in [0.15, 0.2) is 4.99 Å². The summed E-state index contributed by atoms with van der Waals surface area (Å²) < 4.78 is 1.94. The molecular formula is C17H32IN5. The van der Waals surface area contributed by atoms with E-state index in [1.54, 1.807) is 0 Å². The molecule has 1 aliphatic rings. The summed E-state index contributed by atoms with van der Waals surface area (Å²) in [6.07, 6.45) is 6.67. The minimum Gasteiger partial charge on any atom is -0.356 e. The Morgan fingerprint density at radius 3 is 2.39 bits per heavy atom. The smallest absolute Gasteiger partial charge is 0.191 e. The molecule has 2 N–H and O–H groups in total. The van der Waals surface area contributed by atoms with Gasteiger partial charge in [-0.1, -0.05) is 19.8 Å². The summed E-state index contributed by atoms with van der Waals surface area (Å²) >= 11 is 0. The normalized spacial score (nSPS) is 17.0. The highest BCUT2D eigenvalue weighted by molar-refractivity contribution is 14.0. The zero-order valence-electron chi connectivity index (χ0n) is 15.2.